The predicted molar refractivity (Wildman–Crippen MR) is 124 cm³/mol. The van der Waals surface area contributed by atoms with E-state index < -0.39 is 35.1 Å². The van der Waals surface area contributed by atoms with Crippen molar-refractivity contribution in [3.63, 3.8) is 0 Å². The molecular weight excluding hydrogens is 478 g/mol. The third kappa shape index (κ3) is 6.08. The molecule has 0 aromatic heterocycles. The monoisotopic (exact) mass is 502 g/mol. The summed E-state index contributed by atoms with van der Waals surface area (Å²) in [5.41, 5.74) is -0.383. The summed E-state index contributed by atoms with van der Waals surface area (Å²) in [7, 11) is 0. The molecule has 8 heteroatoms. The van der Waals surface area contributed by atoms with Crippen LogP contribution in [0.5, 0.6) is 0 Å². The molecule has 188 valence electrons. The van der Waals surface area contributed by atoms with Gasteiger partial charge in [0.25, 0.3) is 0 Å². The van der Waals surface area contributed by atoms with Crippen LogP contribution in [-0.2, 0) is 12.6 Å². The third-order valence-electron chi connectivity index (χ3n) is 6.45. The second kappa shape index (κ2) is 9.98. The zero-order chi connectivity index (χ0) is 26.1. The topological polar surface area (TPSA) is 27.0 Å². The van der Waals surface area contributed by atoms with Crippen LogP contribution in [0.15, 0.2) is 66.7 Å². The van der Waals surface area contributed by atoms with Crippen molar-refractivity contribution in [2.75, 3.05) is 13.1 Å². The molecule has 0 spiro atoms. The van der Waals surface area contributed by atoms with Gasteiger partial charge in [-0.2, -0.15) is 18.4 Å². The molecule has 0 radical (unpaired) electrons. The Kier molecular flexibility index (Phi) is 7.14. The fourth-order valence-electron chi connectivity index (χ4n) is 5.01. The molecule has 2 unspecified atom stereocenters. The molecule has 1 aliphatic heterocycles. The van der Waals surface area contributed by atoms with E-state index in [0.717, 1.165) is 35.9 Å². The molecule has 3 aromatic carbocycles. The molecule has 0 N–H and O–H groups in total. The SMILES string of the molecule is CC(F)(Cc1cc(F)cc(F)c1)CC1CN(C(c2ccc(C(F)(F)F)cc2)c2cccc(C#N)c2)C1. The van der Waals surface area contributed by atoms with Crippen LogP contribution in [0.1, 0.15) is 47.2 Å². The number of alkyl halides is 4. The first-order valence-electron chi connectivity index (χ1n) is 11.5. The van der Waals surface area contributed by atoms with E-state index in [9.17, 15) is 27.2 Å². The number of nitriles is 1. The summed E-state index contributed by atoms with van der Waals surface area (Å²) >= 11 is 0. The van der Waals surface area contributed by atoms with Gasteiger partial charge in [-0.3, -0.25) is 4.90 Å². The molecule has 3 aromatic rings. The standard InChI is InChI=1S/C28H24F6N2/c1-27(31,13-19-10-24(29)12-25(30)11-19)14-20-16-36(17-20)26(22-4-2-3-18(9-22)15-35)21-5-7-23(8-6-21)28(32,33)34/h2-12,20,26H,13-14,16-17H2,1H3. The van der Waals surface area contributed by atoms with Gasteiger partial charge in [-0.15, -0.1) is 0 Å². The quantitative estimate of drug-likeness (QED) is 0.319. The Bertz CT molecular complexity index is 1230. The lowest BCUT2D eigenvalue weighted by atomic mass is 9.82. The van der Waals surface area contributed by atoms with Crippen molar-refractivity contribution in [3.8, 4) is 6.07 Å². The highest BCUT2D eigenvalue weighted by molar-refractivity contribution is 5.40. The van der Waals surface area contributed by atoms with Crippen molar-refractivity contribution < 1.29 is 26.3 Å². The van der Waals surface area contributed by atoms with E-state index in [1.165, 1.54) is 19.1 Å². The summed E-state index contributed by atoms with van der Waals surface area (Å²) < 4.78 is 81.5. The minimum atomic E-state index is -4.45. The molecule has 1 saturated heterocycles. The number of rotatable bonds is 7. The van der Waals surface area contributed by atoms with Gasteiger partial charge in [-0.1, -0.05) is 24.3 Å². The smallest absolute Gasteiger partial charge is 0.292 e. The van der Waals surface area contributed by atoms with E-state index in [1.807, 2.05) is 11.0 Å². The van der Waals surface area contributed by atoms with Gasteiger partial charge in [0, 0.05) is 25.6 Å². The molecule has 4 rings (SSSR count). The van der Waals surface area contributed by atoms with Gasteiger partial charge < -0.3 is 0 Å². The molecule has 1 heterocycles. The maximum atomic E-state index is 15.3. The second-order valence-corrected chi connectivity index (χ2v) is 9.65. The number of likely N-dealkylation sites (tertiary alicyclic amines) is 1. The molecule has 36 heavy (non-hydrogen) atoms. The van der Waals surface area contributed by atoms with Crippen LogP contribution >= 0.6 is 0 Å². The molecule has 0 saturated carbocycles. The zero-order valence-corrected chi connectivity index (χ0v) is 19.5. The molecule has 0 amide bonds. The van der Waals surface area contributed by atoms with Crippen molar-refractivity contribution >= 4 is 0 Å². The van der Waals surface area contributed by atoms with Crippen LogP contribution in [-0.4, -0.2) is 23.7 Å². The van der Waals surface area contributed by atoms with Crippen LogP contribution in [0.4, 0.5) is 26.3 Å². The van der Waals surface area contributed by atoms with Crippen LogP contribution in [0.3, 0.4) is 0 Å². The highest BCUT2D eigenvalue weighted by Gasteiger charge is 2.39. The zero-order valence-electron chi connectivity index (χ0n) is 19.5. The lowest BCUT2D eigenvalue weighted by molar-refractivity contribution is -0.137. The first-order valence-corrected chi connectivity index (χ1v) is 11.5. The molecule has 0 bridgehead atoms. The number of hydrogen-bond acceptors (Lipinski definition) is 2. The average Bonchev–Trinajstić information content (AvgIpc) is 2.76. The highest BCUT2D eigenvalue weighted by atomic mass is 19.4. The molecular formula is C28H24F6N2. The lowest BCUT2D eigenvalue weighted by Crippen LogP contribution is -2.50. The van der Waals surface area contributed by atoms with Crippen LogP contribution in [0.25, 0.3) is 0 Å². The molecule has 1 fully saturated rings. The van der Waals surface area contributed by atoms with Gasteiger partial charge >= 0.3 is 6.18 Å². The Balaban J connectivity index is 1.50. The Morgan fingerprint density at radius 2 is 1.56 bits per heavy atom. The predicted octanol–water partition coefficient (Wildman–Crippen LogP) is 7.24. The number of nitrogens with zero attached hydrogens (tertiary/aromatic N) is 2. The number of halogens is 6. The van der Waals surface area contributed by atoms with Crippen molar-refractivity contribution in [2.45, 2.75) is 37.7 Å². The summed E-state index contributed by atoms with van der Waals surface area (Å²) in [5, 5.41) is 9.30. The maximum absolute atomic E-state index is 15.3. The molecule has 1 aliphatic rings. The van der Waals surface area contributed by atoms with E-state index in [2.05, 4.69) is 6.07 Å². The molecule has 0 aliphatic carbocycles. The van der Waals surface area contributed by atoms with Crippen LogP contribution in [0.2, 0.25) is 0 Å². The average molecular weight is 503 g/mol. The minimum Gasteiger partial charge on any atom is -0.292 e. The van der Waals surface area contributed by atoms with Crippen LogP contribution < -0.4 is 0 Å². The Morgan fingerprint density at radius 3 is 2.14 bits per heavy atom. The second-order valence-electron chi connectivity index (χ2n) is 9.65. The van der Waals surface area contributed by atoms with Crippen molar-refractivity contribution in [2.24, 2.45) is 5.92 Å². The Labute approximate surface area is 205 Å². The van der Waals surface area contributed by atoms with Gasteiger partial charge in [0.15, 0.2) is 0 Å². The van der Waals surface area contributed by atoms with Crippen LogP contribution in [0, 0.1) is 28.9 Å². The van der Waals surface area contributed by atoms with E-state index in [4.69, 9.17) is 0 Å². The first-order chi connectivity index (χ1) is 16.9. The largest absolute Gasteiger partial charge is 0.416 e. The normalized spacial score (nSPS) is 17.2. The molecule has 2 atom stereocenters. The third-order valence-corrected chi connectivity index (χ3v) is 6.45. The summed E-state index contributed by atoms with van der Waals surface area (Å²) in [6.45, 7) is 2.38. The van der Waals surface area contributed by atoms with E-state index in [1.54, 1.807) is 18.2 Å². The fourth-order valence-corrected chi connectivity index (χ4v) is 5.01. The van der Waals surface area contributed by atoms with Crippen molar-refractivity contribution in [3.05, 3.63) is 106 Å². The summed E-state index contributed by atoms with van der Waals surface area (Å²) in [4.78, 5) is 2.03. The van der Waals surface area contributed by atoms with E-state index in [0.29, 0.717) is 24.2 Å². The van der Waals surface area contributed by atoms with Crippen molar-refractivity contribution in [1.29, 1.82) is 5.26 Å². The summed E-state index contributed by atoms with van der Waals surface area (Å²) in [6.07, 6.45) is -4.42. The minimum absolute atomic E-state index is 0.0468. The van der Waals surface area contributed by atoms with E-state index >= 15 is 4.39 Å². The molecule has 2 nitrogen and oxygen atoms in total. The first kappa shape index (κ1) is 25.8. The van der Waals surface area contributed by atoms with Gasteiger partial charge in [0.2, 0.25) is 0 Å². The lowest BCUT2D eigenvalue weighted by Gasteiger charge is -2.46. The summed E-state index contributed by atoms with van der Waals surface area (Å²) in [5.74, 6) is -1.56. The maximum Gasteiger partial charge on any atom is 0.416 e. The van der Waals surface area contributed by atoms with Gasteiger partial charge in [0.1, 0.15) is 17.3 Å². The van der Waals surface area contributed by atoms with Gasteiger partial charge in [0.05, 0.1) is 23.2 Å². The number of benzene rings is 3. The van der Waals surface area contributed by atoms with Gasteiger partial charge in [-0.25, -0.2) is 13.2 Å². The highest BCUT2D eigenvalue weighted by Crippen LogP contribution is 2.39. The Hall–Kier alpha value is -3.31. The van der Waals surface area contributed by atoms with Crippen molar-refractivity contribution in [1.82, 2.24) is 4.90 Å². The fraction of sp³-hybridized carbons (Fsp3) is 0.321. The Morgan fingerprint density at radius 1 is 0.917 bits per heavy atom. The summed E-state index contributed by atoms with van der Waals surface area (Å²) in [6, 6.07) is 16.5. The van der Waals surface area contributed by atoms with E-state index in [-0.39, 0.29) is 24.3 Å². The number of hydrogen-bond donors (Lipinski definition) is 0. The van der Waals surface area contributed by atoms with Gasteiger partial charge in [-0.05, 0) is 72.4 Å².